The van der Waals surface area contributed by atoms with Crippen molar-refractivity contribution >= 4 is 44.5 Å². The van der Waals surface area contributed by atoms with E-state index >= 15 is 0 Å². The summed E-state index contributed by atoms with van der Waals surface area (Å²) in [5, 5.41) is 11.4. The fraction of sp³-hybridized carbons (Fsp3) is 0.0882. The van der Waals surface area contributed by atoms with E-state index < -0.39 is 23.5 Å². The van der Waals surface area contributed by atoms with Crippen LogP contribution in [0, 0.1) is 0 Å². The van der Waals surface area contributed by atoms with E-state index in [0.29, 0.717) is 34.3 Å². The number of thiazole rings is 1. The lowest BCUT2D eigenvalue weighted by Crippen LogP contribution is -2.30. The number of nitrogens with zero attached hydrogens (tertiary/aromatic N) is 2. The fourth-order valence-electron chi connectivity index (χ4n) is 4.81. The number of rotatable bonds is 9. The number of ketones is 1. The molecule has 1 atom stereocenters. The minimum absolute atomic E-state index is 0.0121. The van der Waals surface area contributed by atoms with Gasteiger partial charge in [0.2, 0.25) is 0 Å². The maximum Gasteiger partial charge on any atom is 0.296 e. The lowest BCUT2D eigenvalue weighted by atomic mass is 9.95. The molecule has 8 heteroatoms. The second kappa shape index (κ2) is 11.7. The van der Waals surface area contributed by atoms with E-state index in [0.717, 1.165) is 15.8 Å². The largest absolute Gasteiger partial charge is 0.503 e. The molecule has 1 unspecified atom stereocenters. The van der Waals surface area contributed by atoms with Crippen LogP contribution in [0.5, 0.6) is 11.5 Å². The van der Waals surface area contributed by atoms with Gasteiger partial charge in [-0.1, -0.05) is 90.2 Å². The van der Waals surface area contributed by atoms with Crippen LogP contribution in [0.3, 0.4) is 0 Å². The van der Waals surface area contributed by atoms with Gasteiger partial charge in [-0.05, 0) is 53.1 Å². The molecule has 1 aromatic heterocycles. The molecule has 0 fully saturated rings. The Morgan fingerprint density at radius 1 is 0.952 bits per heavy atom. The first-order valence-corrected chi connectivity index (χ1v) is 14.1. The van der Waals surface area contributed by atoms with Crippen LogP contribution in [0.25, 0.3) is 16.3 Å². The minimum Gasteiger partial charge on any atom is -0.503 e. The number of methoxy groups -OCH3 is 1. The molecule has 1 aliphatic rings. The first-order chi connectivity index (χ1) is 20.5. The fourth-order valence-corrected chi connectivity index (χ4v) is 5.83. The second-order valence-corrected chi connectivity index (χ2v) is 10.6. The van der Waals surface area contributed by atoms with Crippen molar-refractivity contribution in [2.45, 2.75) is 12.6 Å². The highest BCUT2D eigenvalue weighted by molar-refractivity contribution is 7.22. The molecule has 1 aliphatic heterocycles. The third kappa shape index (κ3) is 5.40. The smallest absolute Gasteiger partial charge is 0.296 e. The van der Waals surface area contributed by atoms with E-state index in [2.05, 4.69) is 4.98 Å². The summed E-state index contributed by atoms with van der Waals surface area (Å²) in [5.74, 6) is -0.452. The Bertz CT molecular complexity index is 1810. The summed E-state index contributed by atoms with van der Waals surface area (Å²) in [5.41, 5.74) is 3.15. The molecule has 1 N–H and O–H groups in total. The molecule has 6 rings (SSSR count). The molecule has 0 spiro atoms. The van der Waals surface area contributed by atoms with E-state index in [1.807, 2.05) is 72.8 Å². The van der Waals surface area contributed by atoms with Crippen LogP contribution >= 0.6 is 11.3 Å². The number of hydrogen-bond acceptors (Lipinski definition) is 7. The van der Waals surface area contributed by atoms with Crippen molar-refractivity contribution in [3.05, 3.63) is 137 Å². The number of allylic oxidation sites excluding steroid dienone is 1. The van der Waals surface area contributed by atoms with Gasteiger partial charge in [-0.15, -0.1) is 0 Å². The average molecular weight is 575 g/mol. The normalized spacial score (nSPS) is 15.1. The monoisotopic (exact) mass is 574 g/mol. The van der Waals surface area contributed by atoms with Crippen molar-refractivity contribution in [1.29, 1.82) is 0 Å². The molecule has 5 aromatic rings. The van der Waals surface area contributed by atoms with Crippen molar-refractivity contribution in [3.8, 4) is 11.5 Å². The summed E-state index contributed by atoms with van der Waals surface area (Å²) in [6.45, 7) is 0.401. The number of benzene rings is 4. The molecule has 2 heterocycles. The Morgan fingerprint density at radius 2 is 1.64 bits per heavy atom. The molecular weight excluding hydrogens is 548 g/mol. The minimum atomic E-state index is -0.893. The van der Waals surface area contributed by atoms with E-state index in [9.17, 15) is 14.7 Å². The molecule has 42 heavy (non-hydrogen) atoms. The Balaban J connectivity index is 1.36. The molecule has 0 saturated heterocycles. The highest BCUT2D eigenvalue weighted by Crippen LogP contribution is 2.44. The number of carbonyl (C=O) groups is 2. The van der Waals surface area contributed by atoms with E-state index in [1.54, 1.807) is 43.5 Å². The third-order valence-corrected chi connectivity index (χ3v) is 7.95. The predicted molar refractivity (Wildman–Crippen MR) is 164 cm³/mol. The number of amides is 1. The number of aromatic nitrogens is 1. The van der Waals surface area contributed by atoms with Crippen molar-refractivity contribution in [3.63, 3.8) is 0 Å². The molecule has 0 saturated carbocycles. The van der Waals surface area contributed by atoms with Crippen molar-refractivity contribution < 1.29 is 24.2 Å². The highest BCUT2D eigenvalue weighted by Gasteiger charge is 2.45. The molecule has 208 valence electrons. The Kier molecular flexibility index (Phi) is 7.53. The van der Waals surface area contributed by atoms with Crippen molar-refractivity contribution in [2.24, 2.45) is 0 Å². The summed E-state index contributed by atoms with van der Waals surface area (Å²) in [6.07, 6.45) is 3.04. The predicted octanol–water partition coefficient (Wildman–Crippen LogP) is 7.07. The number of hydrogen-bond donors (Lipinski definition) is 1. The lowest BCUT2D eigenvalue weighted by Gasteiger charge is -2.24. The van der Waals surface area contributed by atoms with Gasteiger partial charge < -0.3 is 14.6 Å². The van der Waals surface area contributed by atoms with Gasteiger partial charge in [-0.2, -0.15) is 0 Å². The van der Waals surface area contributed by atoms with Crippen molar-refractivity contribution in [2.75, 3.05) is 12.0 Å². The molecule has 7 nitrogen and oxygen atoms in total. The van der Waals surface area contributed by atoms with Gasteiger partial charge in [0.05, 0.1) is 28.9 Å². The van der Waals surface area contributed by atoms with Crippen molar-refractivity contribution in [1.82, 2.24) is 4.98 Å². The number of fused-ring (bicyclic) bond motifs is 1. The van der Waals surface area contributed by atoms with Gasteiger partial charge in [0, 0.05) is 0 Å². The zero-order valence-corrected chi connectivity index (χ0v) is 23.5. The molecule has 0 aliphatic carbocycles. The van der Waals surface area contributed by atoms with Crippen LogP contribution in [0.4, 0.5) is 5.13 Å². The van der Waals surface area contributed by atoms with Gasteiger partial charge >= 0.3 is 0 Å². The molecule has 4 aromatic carbocycles. The van der Waals surface area contributed by atoms with Gasteiger partial charge in [-0.3, -0.25) is 14.5 Å². The number of carbonyl (C=O) groups excluding carboxylic acids is 2. The molecule has 0 radical (unpaired) electrons. The summed E-state index contributed by atoms with van der Waals surface area (Å²) in [6, 6.07) is 30.9. The number of anilines is 1. The summed E-state index contributed by atoms with van der Waals surface area (Å²) >= 11 is 1.28. The van der Waals surface area contributed by atoms with Crippen LogP contribution in [-0.2, 0) is 16.2 Å². The Labute approximate surface area is 246 Å². The Hall–Kier alpha value is -5.21. The first kappa shape index (κ1) is 27.0. The standard InChI is InChI=1S/C34H26N2O5S/c1-40-26-17-18-27-29(20-26)42-34(35-27)36-31(24-13-15-25(16-14-24)41-21-23-10-6-3-7-11-23)30(32(38)33(36)39)28(37)19-12-22-8-4-2-5-9-22/h2-20,31,38H,21H2,1H3. The van der Waals surface area contributed by atoms with Crippen LogP contribution in [-0.4, -0.2) is 28.9 Å². The van der Waals surface area contributed by atoms with Crippen LogP contribution < -0.4 is 14.4 Å². The maximum absolute atomic E-state index is 13.6. The highest BCUT2D eigenvalue weighted by atomic mass is 32.1. The van der Waals surface area contributed by atoms with Crippen LogP contribution in [0.1, 0.15) is 22.7 Å². The number of aliphatic hydroxyl groups is 1. The van der Waals surface area contributed by atoms with Crippen LogP contribution in [0.15, 0.2) is 121 Å². The van der Waals surface area contributed by atoms with E-state index in [1.165, 1.54) is 22.3 Å². The summed E-state index contributed by atoms with van der Waals surface area (Å²) in [7, 11) is 1.58. The lowest BCUT2D eigenvalue weighted by molar-refractivity contribution is -0.117. The molecule has 1 amide bonds. The first-order valence-electron chi connectivity index (χ1n) is 13.3. The van der Waals surface area contributed by atoms with Gasteiger partial charge in [-0.25, -0.2) is 4.98 Å². The SMILES string of the molecule is COc1ccc2nc(N3C(=O)C(O)=C(C(=O)C=Cc4ccccc4)C3c3ccc(OCc4ccccc4)cc3)sc2c1. The molecular formula is C34H26N2O5S. The number of ether oxygens (including phenoxy) is 2. The summed E-state index contributed by atoms with van der Waals surface area (Å²) in [4.78, 5) is 33.2. The Morgan fingerprint density at radius 3 is 2.36 bits per heavy atom. The van der Waals surface area contributed by atoms with Gasteiger partial charge in [0.15, 0.2) is 16.7 Å². The van der Waals surface area contributed by atoms with Gasteiger partial charge in [0.25, 0.3) is 5.91 Å². The van der Waals surface area contributed by atoms with E-state index in [4.69, 9.17) is 9.47 Å². The third-order valence-electron chi connectivity index (χ3n) is 6.93. The molecule has 0 bridgehead atoms. The van der Waals surface area contributed by atoms with Crippen LogP contribution in [0.2, 0.25) is 0 Å². The zero-order chi connectivity index (χ0) is 29.1. The maximum atomic E-state index is 13.6. The second-order valence-electron chi connectivity index (χ2n) is 9.62. The number of aliphatic hydroxyl groups excluding tert-OH is 1. The average Bonchev–Trinajstić information content (AvgIpc) is 3.57. The zero-order valence-electron chi connectivity index (χ0n) is 22.6. The summed E-state index contributed by atoms with van der Waals surface area (Å²) < 4.78 is 12.1. The topological polar surface area (TPSA) is 89.0 Å². The quantitative estimate of drug-likeness (QED) is 0.190. The van der Waals surface area contributed by atoms with Gasteiger partial charge in [0.1, 0.15) is 18.1 Å². The van der Waals surface area contributed by atoms with E-state index in [-0.39, 0.29) is 5.57 Å².